The number of aliphatic carboxylic acids is 1. The van der Waals surface area contributed by atoms with Gasteiger partial charge in [0, 0.05) is 5.92 Å². The second-order valence-corrected chi connectivity index (χ2v) is 5.63. The second kappa shape index (κ2) is 6.73. The van der Waals surface area contributed by atoms with Crippen molar-refractivity contribution in [1.82, 2.24) is 0 Å². The number of phenols is 1. The number of carbonyl (C=O) groups excluding carboxylic acids is 1. The molecule has 0 spiro atoms. The Morgan fingerprint density at radius 3 is 2.38 bits per heavy atom. The van der Waals surface area contributed by atoms with Crippen molar-refractivity contribution in [3.63, 3.8) is 0 Å². The van der Waals surface area contributed by atoms with Crippen molar-refractivity contribution >= 4 is 11.9 Å². The van der Waals surface area contributed by atoms with Gasteiger partial charge in [0.05, 0.1) is 13.0 Å². The van der Waals surface area contributed by atoms with Crippen LogP contribution in [-0.4, -0.2) is 73.1 Å². The summed E-state index contributed by atoms with van der Waals surface area (Å²) >= 11 is 0. The van der Waals surface area contributed by atoms with E-state index in [1.54, 1.807) is 0 Å². The van der Waals surface area contributed by atoms with Gasteiger partial charge < -0.3 is 35.4 Å². The van der Waals surface area contributed by atoms with Gasteiger partial charge in [-0.15, -0.1) is 0 Å². The van der Waals surface area contributed by atoms with Crippen molar-refractivity contribution in [1.29, 1.82) is 0 Å². The number of carboxylic acid groups (broad SMARTS) is 1. The summed E-state index contributed by atoms with van der Waals surface area (Å²) in [5.41, 5.74) is -2.45. The first-order valence-corrected chi connectivity index (χ1v) is 7.13. The molecule has 0 radical (unpaired) electrons. The highest BCUT2D eigenvalue weighted by Gasteiger charge is 2.62. The Bertz CT molecular complexity index is 614. The molecule has 9 heteroatoms. The Balaban J connectivity index is 2.45. The molecule has 132 valence electrons. The molecule has 1 aromatic carbocycles. The fraction of sp³-hybridized carbons (Fsp3) is 0.467. The van der Waals surface area contributed by atoms with Gasteiger partial charge in [-0.1, -0.05) is 12.1 Å². The Morgan fingerprint density at radius 1 is 1.29 bits per heavy atom. The maximum Gasteiger partial charge on any atom is 0.342 e. The number of phenolic OH excluding ortho intramolecular Hbond substituents is 1. The van der Waals surface area contributed by atoms with Gasteiger partial charge in [-0.2, -0.15) is 0 Å². The molecule has 5 atom stereocenters. The molecule has 0 aliphatic carbocycles. The number of benzene rings is 1. The monoisotopic (exact) mass is 342 g/mol. The molecule has 2 rings (SSSR count). The van der Waals surface area contributed by atoms with Crippen LogP contribution in [-0.2, 0) is 14.3 Å². The summed E-state index contributed by atoms with van der Waals surface area (Å²) in [6.45, 7) is -0.826. The van der Waals surface area contributed by atoms with E-state index in [0.717, 1.165) is 0 Å². The molecule has 1 aliphatic rings. The quantitative estimate of drug-likeness (QED) is 0.331. The lowest BCUT2D eigenvalue weighted by molar-refractivity contribution is -0.161. The number of hydrogen-bond donors (Lipinski definition) is 6. The van der Waals surface area contributed by atoms with Crippen molar-refractivity contribution in [3.05, 3.63) is 29.8 Å². The summed E-state index contributed by atoms with van der Waals surface area (Å²) in [5.74, 6) is -4.14. The van der Waals surface area contributed by atoms with Crippen LogP contribution in [0.1, 0.15) is 17.9 Å². The van der Waals surface area contributed by atoms with Gasteiger partial charge in [0.1, 0.15) is 18.0 Å². The normalized spacial score (nSPS) is 29.1. The largest absolute Gasteiger partial charge is 0.508 e. The van der Waals surface area contributed by atoms with Crippen LogP contribution in [0.25, 0.3) is 0 Å². The van der Waals surface area contributed by atoms with Crippen molar-refractivity contribution < 1.29 is 45.0 Å². The van der Waals surface area contributed by atoms with Gasteiger partial charge in [0.25, 0.3) is 0 Å². The number of carboxylic acids is 1. The maximum atomic E-state index is 12.1. The number of hydrogen-bond acceptors (Lipinski definition) is 8. The van der Waals surface area contributed by atoms with Crippen LogP contribution in [0.15, 0.2) is 24.3 Å². The summed E-state index contributed by atoms with van der Waals surface area (Å²) in [4.78, 5) is 23.3. The zero-order chi connectivity index (χ0) is 18.1. The Hall–Kier alpha value is -2.20. The number of ether oxygens (including phenoxy) is 1. The van der Waals surface area contributed by atoms with Crippen molar-refractivity contribution in [2.24, 2.45) is 0 Å². The molecule has 0 saturated carbocycles. The van der Waals surface area contributed by atoms with E-state index >= 15 is 0 Å². The molecule has 0 aromatic heterocycles. The number of carbonyl (C=O) groups is 2. The number of cyclic esters (lactones) is 1. The van der Waals surface area contributed by atoms with Gasteiger partial charge >= 0.3 is 11.9 Å². The molecule has 0 amide bonds. The van der Waals surface area contributed by atoms with Crippen LogP contribution < -0.4 is 0 Å². The first-order chi connectivity index (χ1) is 11.2. The number of aliphatic hydroxyl groups is 4. The van der Waals surface area contributed by atoms with E-state index in [-0.39, 0.29) is 11.3 Å². The van der Waals surface area contributed by atoms with E-state index in [9.17, 15) is 30.0 Å². The van der Waals surface area contributed by atoms with Crippen LogP contribution >= 0.6 is 0 Å². The number of rotatable bonds is 6. The summed E-state index contributed by atoms with van der Waals surface area (Å²) in [5, 5.41) is 58.0. The average Bonchev–Trinajstić information content (AvgIpc) is 2.77. The zero-order valence-electron chi connectivity index (χ0n) is 12.4. The van der Waals surface area contributed by atoms with Gasteiger partial charge in [-0.3, -0.25) is 4.79 Å². The summed E-state index contributed by atoms with van der Waals surface area (Å²) in [6.07, 6.45) is -5.90. The van der Waals surface area contributed by atoms with E-state index in [1.807, 2.05) is 0 Å². The third-order valence-electron chi connectivity index (χ3n) is 4.10. The second-order valence-electron chi connectivity index (χ2n) is 5.63. The van der Waals surface area contributed by atoms with Crippen LogP contribution in [0.5, 0.6) is 5.75 Å². The van der Waals surface area contributed by atoms with Crippen LogP contribution in [0.2, 0.25) is 0 Å². The van der Waals surface area contributed by atoms with Gasteiger partial charge in [0.15, 0.2) is 11.7 Å². The predicted octanol–water partition coefficient (Wildman–Crippen LogP) is -1.68. The molecule has 1 aromatic rings. The van der Waals surface area contributed by atoms with Crippen LogP contribution in [0.4, 0.5) is 0 Å². The molecule has 1 fully saturated rings. The molecule has 0 bridgehead atoms. The van der Waals surface area contributed by atoms with E-state index in [1.165, 1.54) is 24.3 Å². The summed E-state index contributed by atoms with van der Waals surface area (Å²) in [6, 6.07) is 5.08. The standard InChI is InChI=1S/C15H18O9/c16-6-10(18)12-13(21)15(23,14(22)24-12)9(5-11(19)20)7-1-3-8(17)4-2-7/h1-4,9-10,12-13,16-18,21,23H,5-6H2,(H,19,20)/t9-,10+,12-,13-,15-/m1/s1. The molecule has 1 saturated heterocycles. The Morgan fingerprint density at radius 2 is 1.88 bits per heavy atom. The lowest BCUT2D eigenvalue weighted by atomic mass is 9.76. The lowest BCUT2D eigenvalue weighted by Gasteiger charge is -2.32. The van der Waals surface area contributed by atoms with E-state index in [4.69, 9.17) is 14.9 Å². The minimum absolute atomic E-state index is 0.108. The van der Waals surface area contributed by atoms with E-state index in [0.29, 0.717) is 0 Å². The van der Waals surface area contributed by atoms with Crippen LogP contribution in [0, 0.1) is 0 Å². The molecule has 9 nitrogen and oxygen atoms in total. The van der Waals surface area contributed by atoms with Gasteiger partial charge in [-0.05, 0) is 17.7 Å². The van der Waals surface area contributed by atoms with Crippen LogP contribution in [0.3, 0.4) is 0 Å². The van der Waals surface area contributed by atoms with Gasteiger partial charge in [-0.25, -0.2) is 4.79 Å². The fourth-order valence-corrected chi connectivity index (χ4v) is 2.80. The number of aromatic hydroxyl groups is 1. The van der Waals surface area contributed by atoms with Gasteiger partial charge in [0.2, 0.25) is 0 Å². The summed E-state index contributed by atoms with van der Waals surface area (Å²) in [7, 11) is 0. The minimum Gasteiger partial charge on any atom is -0.508 e. The highest BCUT2D eigenvalue weighted by molar-refractivity contribution is 5.85. The fourth-order valence-electron chi connectivity index (χ4n) is 2.80. The maximum absolute atomic E-state index is 12.1. The first kappa shape index (κ1) is 18.1. The van der Waals surface area contributed by atoms with Crippen molar-refractivity contribution in [3.8, 4) is 5.75 Å². The smallest absolute Gasteiger partial charge is 0.342 e. The molecule has 1 aliphatic heterocycles. The van der Waals surface area contributed by atoms with Crippen molar-refractivity contribution in [2.75, 3.05) is 6.61 Å². The SMILES string of the molecule is O=C(O)C[C@H](c1ccc(O)cc1)[C@]1(O)C(=O)O[C@H]([C@@H](O)CO)[C@H]1O. The number of aliphatic hydroxyl groups excluding tert-OH is 3. The first-order valence-electron chi connectivity index (χ1n) is 7.13. The van der Waals surface area contributed by atoms with Crippen molar-refractivity contribution in [2.45, 2.75) is 36.3 Å². The average molecular weight is 342 g/mol. The Labute approximate surface area is 136 Å². The molecule has 6 N–H and O–H groups in total. The van der Waals surface area contributed by atoms with E-state index < -0.39 is 54.8 Å². The third kappa shape index (κ3) is 3.06. The third-order valence-corrected chi connectivity index (χ3v) is 4.10. The number of esters is 1. The molecule has 1 heterocycles. The Kier molecular flexibility index (Phi) is 5.09. The lowest BCUT2D eigenvalue weighted by Crippen LogP contribution is -2.53. The molecular formula is C15H18O9. The zero-order valence-corrected chi connectivity index (χ0v) is 12.4. The minimum atomic E-state index is -2.63. The molecule has 24 heavy (non-hydrogen) atoms. The molecular weight excluding hydrogens is 324 g/mol. The highest BCUT2D eigenvalue weighted by Crippen LogP contribution is 2.42. The summed E-state index contributed by atoms with van der Waals surface area (Å²) < 4.78 is 4.76. The predicted molar refractivity (Wildman–Crippen MR) is 77.0 cm³/mol. The van der Waals surface area contributed by atoms with E-state index in [2.05, 4.69) is 0 Å². The molecule has 0 unspecified atom stereocenters. The highest BCUT2D eigenvalue weighted by atomic mass is 16.6. The topological polar surface area (TPSA) is 165 Å².